The van der Waals surface area contributed by atoms with Crippen LogP contribution in [0.4, 0.5) is 0 Å². The van der Waals surface area contributed by atoms with Crippen molar-refractivity contribution in [2.45, 2.75) is 111 Å². The van der Waals surface area contributed by atoms with Crippen molar-refractivity contribution < 1.29 is 15.0 Å². The zero-order valence-electron chi connectivity index (χ0n) is 21.8. The summed E-state index contributed by atoms with van der Waals surface area (Å²) in [6.07, 6.45) is 13.6. The molecule has 0 heterocycles. The van der Waals surface area contributed by atoms with E-state index in [4.69, 9.17) is 0 Å². The van der Waals surface area contributed by atoms with Crippen LogP contribution >= 0.6 is 0 Å². The van der Waals surface area contributed by atoms with Gasteiger partial charge in [0.1, 0.15) is 0 Å². The van der Waals surface area contributed by atoms with Gasteiger partial charge in [0.05, 0.1) is 11.5 Å². The Kier molecular flexibility index (Phi) is 5.31. The van der Waals surface area contributed by atoms with Crippen molar-refractivity contribution in [1.82, 2.24) is 0 Å². The molecule has 0 aromatic rings. The molecule has 0 aromatic heterocycles. The molecule has 10 atom stereocenters. The van der Waals surface area contributed by atoms with E-state index in [0.717, 1.165) is 44.9 Å². The van der Waals surface area contributed by atoms with Crippen LogP contribution in [0.3, 0.4) is 0 Å². The highest BCUT2D eigenvalue weighted by Gasteiger charge is 2.71. The van der Waals surface area contributed by atoms with Crippen LogP contribution in [-0.2, 0) is 4.79 Å². The van der Waals surface area contributed by atoms with Gasteiger partial charge < -0.3 is 10.2 Å². The fourth-order valence-corrected chi connectivity index (χ4v) is 11.6. The van der Waals surface area contributed by atoms with E-state index in [1.165, 1.54) is 25.7 Å². The maximum Gasteiger partial charge on any atom is 0.309 e. The number of carboxylic acids is 1. The fraction of sp³-hybridized carbons (Fsp3) is 0.900. The molecule has 2 N–H and O–H groups in total. The molecule has 0 amide bonds. The third-order valence-electron chi connectivity index (χ3n) is 13.4. The van der Waals surface area contributed by atoms with Gasteiger partial charge in [-0.2, -0.15) is 0 Å². The smallest absolute Gasteiger partial charge is 0.309 e. The number of hydrogen-bond acceptors (Lipinski definition) is 2. The second-order valence-electron chi connectivity index (χ2n) is 14.4. The molecule has 4 unspecified atom stereocenters. The van der Waals surface area contributed by atoms with Crippen LogP contribution in [0.25, 0.3) is 0 Å². The Hall–Kier alpha value is -0.830. The van der Waals surface area contributed by atoms with Gasteiger partial charge in [-0.05, 0) is 122 Å². The first-order valence-corrected chi connectivity index (χ1v) is 13.9. The Balaban J connectivity index is 1.55. The van der Waals surface area contributed by atoms with Gasteiger partial charge in [0.15, 0.2) is 0 Å². The Labute approximate surface area is 201 Å². The number of aliphatic carboxylic acids is 1. The highest BCUT2D eigenvalue weighted by atomic mass is 16.4. The van der Waals surface area contributed by atoms with Gasteiger partial charge in [-0.3, -0.25) is 4.79 Å². The highest BCUT2D eigenvalue weighted by molar-refractivity contribution is 5.76. The van der Waals surface area contributed by atoms with Crippen molar-refractivity contribution in [2.24, 2.45) is 56.7 Å². The number of aliphatic hydroxyl groups is 1. The van der Waals surface area contributed by atoms with Gasteiger partial charge in [0.25, 0.3) is 0 Å². The summed E-state index contributed by atoms with van der Waals surface area (Å²) in [5.74, 6) is 2.03. The largest absolute Gasteiger partial charge is 0.481 e. The van der Waals surface area contributed by atoms with E-state index in [-0.39, 0.29) is 27.8 Å². The molecule has 5 saturated carbocycles. The number of carbonyl (C=O) groups is 1. The standard InChI is InChI=1S/C30H48O3/c1-7-8-19-11-16-30(25(32)33)18-17-28(5)20(24(19)30)9-10-22-27(4)14-13-23(31)26(2,3)21(27)12-15-29(22,28)6/h7,19-24,31H,1,8-18H2,2-6H3,(H,32,33)/t19-,20?,21?,22?,23+,24?,27+,28-,29-,30+/m1/s1. The predicted octanol–water partition coefficient (Wildman–Crippen LogP) is 7.09. The molecule has 186 valence electrons. The van der Waals surface area contributed by atoms with E-state index in [1.54, 1.807) is 0 Å². The van der Waals surface area contributed by atoms with E-state index in [2.05, 4.69) is 41.2 Å². The SMILES string of the molecule is C=CC[C@@H]1CC[C@]2(C(=O)O)CC[C@]3(C)C(CCC4[C@@]5(C)CC[C@H](O)C(C)(C)C5CC[C@]43C)C12. The number of fused-ring (bicyclic) bond motifs is 7. The van der Waals surface area contributed by atoms with E-state index >= 15 is 0 Å². The third kappa shape index (κ3) is 2.81. The van der Waals surface area contributed by atoms with Gasteiger partial charge in [0.2, 0.25) is 0 Å². The molecular weight excluding hydrogens is 408 g/mol. The van der Waals surface area contributed by atoms with Crippen molar-refractivity contribution >= 4 is 5.97 Å². The van der Waals surface area contributed by atoms with Crippen molar-refractivity contribution in [3.63, 3.8) is 0 Å². The average molecular weight is 457 g/mol. The van der Waals surface area contributed by atoms with Crippen molar-refractivity contribution in [1.29, 1.82) is 0 Å². The van der Waals surface area contributed by atoms with Gasteiger partial charge >= 0.3 is 5.97 Å². The number of allylic oxidation sites excluding steroid dienone is 1. The maximum absolute atomic E-state index is 12.7. The van der Waals surface area contributed by atoms with E-state index in [0.29, 0.717) is 29.6 Å². The lowest BCUT2D eigenvalue weighted by atomic mass is 9.32. The van der Waals surface area contributed by atoms with E-state index in [1.807, 2.05) is 6.08 Å². The summed E-state index contributed by atoms with van der Waals surface area (Å²) < 4.78 is 0. The number of hydrogen-bond donors (Lipinski definition) is 2. The molecule has 5 aliphatic rings. The summed E-state index contributed by atoms with van der Waals surface area (Å²) in [7, 11) is 0. The van der Waals surface area contributed by atoms with Crippen LogP contribution in [0.1, 0.15) is 105 Å². The molecular formula is C30H48O3. The summed E-state index contributed by atoms with van der Waals surface area (Å²) in [4.78, 5) is 12.7. The number of rotatable bonds is 3. The quantitative estimate of drug-likeness (QED) is 0.446. The van der Waals surface area contributed by atoms with Crippen LogP contribution in [0.5, 0.6) is 0 Å². The molecule has 0 bridgehead atoms. The first-order chi connectivity index (χ1) is 15.4. The van der Waals surface area contributed by atoms with Crippen molar-refractivity contribution in [2.75, 3.05) is 0 Å². The Morgan fingerprint density at radius 1 is 0.879 bits per heavy atom. The molecule has 0 saturated heterocycles. The second-order valence-corrected chi connectivity index (χ2v) is 14.4. The molecule has 5 aliphatic carbocycles. The van der Waals surface area contributed by atoms with Crippen LogP contribution in [0, 0.1) is 56.7 Å². The lowest BCUT2D eigenvalue weighted by Gasteiger charge is -2.72. The summed E-state index contributed by atoms with van der Waals surface area (Å²) >= 11 is 0. The zero-order valence-corrected chi connectivity index (χ0v) is 21.8. The molecule has 5 fully saturated rings. The van der Waals surface area contributed by atoms with Gasteiger partial charge in [-0.25, -0.2) is 0 Å². The first kappa shape index (κ1) is 23.9. The van der Waals surface area contributed by atoms with Crippen LogP contribution in [0.15, 0.2) is 12.7 Å². The van der Waals surface area contributed by atoms with Crippen LogP contribution in [-0.4, -0.2) is 22.3 Å². The molecule has 3 heteroatoms. The highest BCUT2D eigenvalue weighted by Crippen LogP contribution is 2.77. The monoisotopic (exact) mass is 456 g/mol. The summed E-state index contributed by atoms with van der Waals surface area (Å²) in [5.41, 5.74) is 0.223. The van der Waals surface area contributed by atoms with E-state index in [9.17, 15) is 15.0 Å². The van der Waals surface area contributed by atoms with Gasteiger partial charge in [-0.15, -0.1) is 6.58 Å². The lowest BCUT2D eigenvalue weighted by molar-refractivity contribution is -0.248. The number of aliphatic hydroxyl groups excluding tert-OH is 1. The first-order valence-electron chi connectivity index (χ1n) is 13.9. The topological polar surface area (TPSA) is 57.5 Å². The number of carboxylic acid groups (broad SMARTS) is 1. The summed E-state index contributed by atoms with van der Waals surface area (Å²) in [5, 5.41) is 21.4. The molecule has 3 nitrogen and oxygen atoms in total. The Morgan fingerprint density at radius 3 is 2.27 bits per heavy atom. The van der Waals surface area contributed by atoms with Gasteiger partial charge in [-0.1, -0.05) is 40.7 Å². The fourth-order valence-electron chi connectivity index (χ4n) is 11.6. The molecule has 5 rings (SSSR count). The molecule has 0 aliphatic heterocycles. The van der Waals surface area contributed by atoms with Crippen LogP contribution < -0.4 is 0 Å². The van der Waals surface area contributed by atoms with Gasteiger partial charge in [0, 0.05) is 0 Å². The van der Waals surface area contributed by atoms with Crippen LogP contribution in [0.2, 0.25) is 0 Å². The summed E-state index contributed by atoms with van der Waals surface area (Å²) in [6.45, 7) is 16.4. The maximum atomic E-state index is 12.7. The lowest BCUT2D eigenvalue weighted by Crippen LogP contribution is -2.67. The molecule has 33 heavy (non-hydrogen) atoms. The van der Waals surface area contributed by atoms with Crippen molar-refractivity contribution in [3.05, 3.63) is 12.7 Å². The minimum atomic E-state index is -0.521. The second kappa shape index (κ2) is 7.34. The molecule has 0 aromatic carbocycles. The summed E-state index contributed by atoms with van der Waals surface area (Å²) in [6, 6.07) is 0. The molecule has 0 spiro atoms. The Morgan fingerprint density at radius 2 is 1.61 bits per heavy atom. The molecule has 0 radical (unpaired) electrons. The van der Waals surface area contributed by atoms with Crippen molar-refractivity contribution in [3.8, 4) is 0 Å². The zero-order chi connectivity index (χ0) is 24.0. The minimum absolute atomic E-state index is 0.0163. The predicted molar refractivity (Wildman–Crippen MR) is 133 cm³/mol. The van der Waals surface area contributed by atoms with E-state index < -0.39 is 11.4 Å². The normalized spacial score (nSPS) is 55.0. The average Bonchev–Trinajstić information content (AvgIpc) is 3.12. The third-order valence-corrected chi connectivity index (χ3v) is 13.4. The Bertz CT molecular complexity index is 832. The minimum Gasteiger partial charge on any atom is -0.481 e.